The van der Waals surface area contributed by atoms with Crippen molar-refractivity contribution in [2.24, 2.45) is 0 Å². The summed E-state index contributed by atoms with van der Waals surface area (Å²) >= 11 is 4.01. The molecule has 2 aliphatic heterocycles. The molecule has 2 aromatic heterocycles. The molecule has 0 radical (unpaired) electrons. The summed E-state index contributed by atoms with van der Waals surface area (Å²) in [5.74, 6) is -4.20. The van der Waals surface area contributed by atoms with Crippen molar-refractivity contribution in [3.8, 4) is 11.5 Å². The van der Waals surface area contributed by atoms with E-state index in [-0.39, 0.29) is 16.7 Å². The summed E-state index contributed by atoms with van der Waals surface area (Å²) < 4.78 is 5.94. The molecule has 0 spiro atoms. The summed E-state index contributed by atoms with van der Waals surface area (Å²) in [5, 5.41) is 42.8. The number of carboxylic acid groups (broad SMARTS) is 1. The van der Waals surface area contributed by atoms with Gasteiger partial charge in [-0.3, -0.25) is 24.1 Å². The number of phenolic OH excluding ortho intramolecular Hbond substituents is 2. The smallest absolute Gasteiger partial charge is 0.352 e. The van der Waals surface area contributed by atoms with Crippen LogP contribution >= 0.6 is 34.9 Å². The molecule has 17 heteroatoms. The number of benzene rings is 2. The third-order valence-corrected chi connectivity index (χ3v) is 10.6. The van der Waals surface area contributed by atoms with Crippen molar-refractivity contribution in [1.29, 1.82) is 0 Å². The number of β-lactam (4-membered cyclic amide) rings is 1. The Morgan fingerprint density at radius 3 is 2.59 bits per heavy atom. The van der Waals surface area contributed by atoms with Gasteiger partial charge in [0.1, 0.15) is 40.0 Å². The molecule has 1 saturated heterocycles. The van der Waals surface area contributed by atoms with E-state index in [0.717, 1.165) is 22.2 Å². The average Bonchev–Trinajstić information content (AvgIpc) is 3.47. The molecule has 236 valence electrons. The zero-order chi connectivity index (χ0) is 32.7. The van der Waals surface area contributed by atoms with Gasteiger partial charge >= 0.3 is 5.97 Å². The van der Waals surface area contributed by atoms with Crippen LogP contribution in [0.3, 0.4) is 0 Å². The number of nitrogens with one attached hydrogen (secondary N) is 2. The van der Waals surface area contributed by atoms with Crippen molar-refractivity contribution >= 4 is 69.5 Å². The number of aliphatic carboxylic acids is 1. The number of amides is 3. The molecular formula is C29H23N5O9S3. The van der Waals surface area contributed by atoms with E-state index in [1.165, 1.54) is 40.9 Å². The van der Waals surface area contributed by atoms with Crippen LogP contribution in [0.15, 0.2) is 73.5 Å². The maximum absolute atomic E-state index is 13.6. The lowest BCUT2D eigenvalue weighted by Crippen LogP contribution is -2.71. The second-order valence-electron chi connectivity index (χ2n) is 10.1. The maximum Gasteiger partial charge on any atom is 0.352 e. The summed E-state index contributed by atoms with van der Waals surface area (Å²) in [6.45, 7) is 1.81. The Morgan fingerprint density at radius 2 is 1.89 bits per heavy atom. The number of thioether (sulfide) groups is 2. The highest BCUT2D eigenvalue weighted by Crippen LogP contribution is 2.42. The Balaban J connectivity index is 1.21. The van der Waals surface area contributed by atoms with E-state index in [9.17, 15) is 39.3 Å². The van der Waals surface area contributed by atoms with E-state index in [2.05, 4.69) is 20.8 Å². The Bertz CT molecular complexity index is 2000. The normalized spacial score (nSPS) is 18.1. The lowest BCUT2D eigenvalue weighted by molar-refractivity contribution is -0.151. The molecule has 0 bridgehead atoms. The number of carboxylic acids is 1. The molecule has 2 aliphatic rings. The van der Waals surface area contributed by atoms with Crippen molar-refractivity contribution in [3.05, 3.63) is 86.4 Å². The van der Waals surface area contributed by atoms with Gasteiger partial charge in [0.2, 0.25) is 17.1 Å². The number of phenols is 2. The summed E-state index contributed by atoms with van der Waals surface area (Å²) in [6, 6.07) is 7.97. The van der Waals surface area contributed by atoms with Gasteiger partial charge in [0.05, 0.1) is 5.39 Å². The molecule has 0 saturated carbocycles. The fourth-order valence-corrected chi connectivity index (χ4v) is 8.30. The fourth-order valence-electron chi connectivity index (χ4n) is 5.00. The first-order valence-electron chi connectivity index (χ1n) is 13.5. The number of aryl methyl sites for hydroxylation is 1. The first-order valence-corrected chi connectivity index (χ1v) is 16.4. The molecule has 14 nitrogen and oxygen atoms in total. The Morgan fingerprint density at radius 1 is 1.13 bits per heavy atom. The number of fused-ring (bicyclic) bond motifs is 2. The van der Waals surface area contributed by atoms with Crippen molar-refractivity contribution in [2.45, 2.75) is 28.7 Å². The van der Waals surface area contributed by atoms with Crippen molar-refractivity contribution in [2.75, 3.05) is 11.5 Å². The van der Waals surface area contributed by atoms with Crippen LogP contribution < -0.4 is 16.1 Å². The Kier molecular flexibility index (Phi) is 8.45. The molecule has 3 atom stereocenters. The van der Waals surface area contributed by atoms with Crippen LogP contribution in [-0.4, -0.2) is 77.0 Å². The van der Waals surface area contributed by atoms with Gasteiger partial charge in [0, 0.05) is 11.5 Å². The van der Waals surface area contributed by atoms with Crippen LogP contribution in [0.2, 0.25) is 0 Å². The highest BCUT2D eigenvalue weighted by Gasteiger charge is 2.54. The van der Waals surface area contributed by atoms with Gasteiger partial charge < -0.3 is 30.4 Å². The molecule has 0 aliphatic carbocycles. The summed E-state index contributed by atoms with van der Waals surface area (Å²) in [7, 11) is 0. The van der Waals surface area contributed by atoms with Crippen molar-refractivity contribution < 1.29 is 38.9 Å². The van der Waals surface area contributed by atoms with E-state index in [0.29, 0.717) is 27.0 Å². The summed E-state index contributed by atoms with van der Waals surface area (Å²) in [4.78, 5) is 66.7. The molecule has 6 rings (SSSR count). The monoisotopic (exact) mass is 681 g/mol. The number of carbonyl (C=O) groups excluding carboxylic acids is 3. The molecule has 4 aromatic rings. The number of nitrogens with zero attached hydrogens (tertiary/aromatic N) is 3. The molecule has 46 heavy (non-hydrogen) atoms. The Labute approximate surface area is 271 Å². The molecule has 5 N–H and O–H groups in total. The second-order valence-corrected chi connectivity index (χ2v) is 13.6. The highest BCUT2D eigenvalue weighted by molar-refractivity contribution is 8.01. The number of aromatic hydroxyl groups is 2. The van der Waals surface area contributed by atoms with Gasteiger partial charge in [0.15, 0.2) is 15.7 Å². The number of hydrogen-bond acceptors (Lipinski definition) is 13. The minimum atomic E-state index is -1.36. The average molecular weight is 682 g/mol. The van der Waals surface area contributed by atoms with Crippen LogP contribution in [-0.2, 0) is 14.4 Å². The van der Waals surface area contributed by atoms with Gasteiger partial charge in [-0.1, -0.05) is 53.4 Å². The lowest BCUT2D eigenvalue weighted by Gasteiger charge is -2.49. The predicted molar refractivity (Wildman–Crippen MR) is 168 cm³/mol. The van der Waals surface area contributed by atoms with Crippen molar-refractivity contribution in [1.82, 2.24) is 25.7 Å². The molecule has 2 aromatic carbocycles. The maximum atomic E-state index is 13.6. The minimum absolute atomic E-state index is 0.136. The van der Waals surface area contributed by atoms with Gasteiger partial charge in [-0.15, -0.1) is 22.0 Å². The molecule has 1 unspecified atom stereocenters. The lowest BCUT2D eigenvalue weighted by atomic mass is 10.0. The zero-order valence-corrected chi connectivity index (χ0v) is 26.1. The highest BCUT2D eigenvalue weighted by atomic mass is 32.2. The molecule has 3 amide bonds. The standard InChI is InChI=1S/C29H23N5O9S3/c1-12-32-33-29(46-12)45-11-14-10-44-27-19(26(40)34(27)20(14)28(41)42)31-25(39)18(13-5-3-2-4-6-13)30-24(38)16-9-43-23-15(21(16)36)7-8-17(35)22(23)37/h2-9,18-19,27,35,37H,10-11H2,1H3,(H,30,38)(H,31,39)(H,41,42)/t18?,19-,27+/m1/s1. The first-order chi connectivity index (χ1) is 22.0. The quantitative estimate of drug-likeness (QED) is 0.0977. The first kappa shape index (κ1) is 31.1. The van der Waals surface area contributed by atoms with E-state index < -0.39 is 63.6 Å². The fraction of sp³-hybridized carbons (Fsp3) is 0.207. The predicted octanol–water partition coefficient (Wildman–Crippen LogP) is 2.37. The number of carbonyl (C=O) groups is 4. The zero-order valence-electron chi connectivity index (χ0n) is 23.6. The topological polar surface area (TPSA) is 212 Å². The van der Waals surface area contributed by atoms with E-state index >= 15 is 0 Å². The molecular weight excluding hydrogens is 659 g/mol. The van der Waals surface area contributed by atoms with Crippen LogP contribution in [0, 0.1) is 6.92 Å². The number of rotatable bonds is 9. The van der Waals surface area contributed by atoms with E-state index in [1.54, 1.807) is 30.3 Å². The third kappa shape index (κ3) is 5.67. The van der Waals surface area contributed by atoms with Gasteiger partial charge in [-0.2, -0.15) is 0 Å². The van der Waals surface area contributed by atoms with E-state index in [1.807, 2.05) is 6.92 Å². The summed E-state index contributed by atoms with van der Waals surface area (Å²) in [5.41, 5.74) is -0.847. The minimum Gasteiger partial charge on any atom is -0.504 e. The van der Waals surface area contributed by atoms with E-state index in [4.69, 9.17) is 4.42 Å². The van der Waals surface area contributed by atoms with Gasteiger partial charge in [-0.25, -0.2) is 4.79 Å². The third-order valence-electron chi connectivity index (χ3n) is 7.23. The largest absolute Gasteiger partial charge is 0.504 e. The van der Waals surface area contributed by atoms with Crippen LogP contribution in [0.1, 0.15) is 27.0 Å². The van der Waals surface area contributed by atoms with Crippen LogP contribution in [0.4, 0.5) is 0 Å². The number of hydrogen-bond donors (Lipinski definition) is 5. The van der Waals surface area contributed by atoms with Crippen LogP contribution in [0.25, 0.3) is 11.0 Å². The van der Waals surface area contributed by atoms with Gasteiger partial charge in [-0.05, 0) is 30.2 Å². The second kappa shape index (κ2) is 12.5. The SMILES string of the molecule is Cc1nnc(SCC2=C(C(=O)O)N3C(=O)[C@@H](NC(=O)C(NC(=O)c4coc5c(O)c(O)ccc5c4=O)c4ccccc4)[C@@H]3SC2)s1. The molecule has 1 fully saturated rings. The summed E-state index contributed by atoms with van der Waals surface area (Å²) in [6.07, 6.45) is 0.812. The number of aromatic nitrogens is 2. The van der Waals surface area contributed by atoms with Gasteiger partial charge in [0.25, 0.3) is 11.8 Å². The van der Waals surface area contributed by atoms with Crippen LogP contribution in [0.5, 0.6) is 11.5 Å². The molecule has 4 heterocycles. The Hall–Kier alpha value is -4.87. The van der Waals surface area contributed by atoms with Crippen molar-refractivity contribution in [3.63, 3.8) is 0 Å².